The highest BCUT2D eigenvalue weighted by Gasteiger charge is 2.20. The molecular formula is C16H20N2O4S. The van der Waals surface area contributed by atoms with Crippen molar-refractivity contribution in [1.29, 1.82) is 0 Å². The van der Waals surface area contributed by atoms with Crippen LogP contribution in [0.2, 0.25) is 0 Å². The van der Waals surface area contributed by atoms with Crippen molar-refractivity contribution in [2.45, 2.75) is 13.3 Å². The molecule has 0 spiro atoms. The number of carbonyl (C=O) groups excluding carboxylic acids is 2. The first-order valence-electron chi connectivity index (χ1n) is 7.46. The van der Waals surface area contributed by atoms with Crippen molar-refractivity contribution in [3.8, 4) is 11.8 Å². The van der Waals surface area contributed by atoms with E-state index in [0.29, 0.717) is 36.9 Å². The molecule has 124 valence electrons. The molecule has 23 heavy (non-hydrogen) atoms. The summed E-state index contributed by atoms with van der Waals surface area (Å²) in [6.07, 6.45) is 0.740. The van der Waals surface area contributed by atoms with E-state index in [2.05, 4.69) is 17.2 Å². The van der Waals surface area contributed by atoms with Gasteiger partial charge in [-0.25, -0.2) is 4.79 Å². The Bertz CT molecular complexity index is 624. The minimum Gasteiger partial charge on any atom is -0.465 e. The fourth-order valence-electron chi connectivity index (χ4n) is 2.10. The predicted molar refractivity (Wildman–Crippen MR) is 88.7 cm³/mol. The van der Waals surface area contributed by atoms with Crippen molar-refractivity contribution in [3.05, 3.63) is 15.8 Å². The maximum absolute atomic E-state index is 12.2. The molecule has 1 aliphatic rings. The van der Waals surface area contributed by atoms with Crippen LogP contribution in [0, 0.1) is 11.8 Å². The lowest BCUT2D eigenvalue weighted by Crippen LogP contribution is -2.43. The van der Waals surface area contributed by atoms with Crippen molar-refractivity contribution in [2.75, 3.05) is 45.3 Å². The third-order valence-electron chi connectivity index (χ3n) is 3.29. The van der Waals surface area contributed by atoms with Crippen molar-refractivity contribution in [1.82, 2.24) is 4.90 Å². The Labute approximate surface area is 139 Å². The molecule has 0 radical (unpaired) electrons. The molecule has 0 aromatic carbocycles. The number of morpholine rings is 1. The van der Waals surface area contributed by atoms with Gasteiger partial charge in [0.15, 0.2) is 0 Å². The van der Waals surface area contributed by atoms with E-state index in [1.54, 1.807) is 11.0 Å². The molecule has 1 aliphatic heterocycles. The van der Waals surface area contributed by atoms with Gasteiger partial charge in [-0.1, -0.05) is 18.8 Å². The number of esters is 1. The number of rotatable bonds is 4. The normalized spacial score (nSPS) is 13.9. The van der Waals surface area contributed by atoms with Gasteiger partial charge < -0.3 is 19.7 Å². The maximum Gasteiger partial charge on any atom is 0.350 e. The lowest BCUT2D eigenvalue weighted by molar-refractivity contribution is -0.133. The first-order valence-corrected chi connectivity index (χ1v) is 8.27. The molecule has 0 unspecified atom stereocenters. The number of methoxy groups -OCH3 is 1. The highest BCUT2D eigenvalue weighted by molar-refractivity contribution is 7.15. The van der Waals surface area contributed by atoms with E-state index < -0.39 is 5.97 Å². The Balaban J connectivity index is 2.06. The van der Waals surface area contributed by atoms with E-state index >= 15 is 0 Å². The molecule has 0 aliphatic carbocycles. The van der Waals surface area contributed by atoms with E-state index in [-0.39, 0.29) is 12.5 Å². The zero-order valence-electron chi connectivity index (χ0n) is 13.3. The van der Waals surface area contributed by atoms with Crippen molar-refractivity contribution < 1.29 is 19.1 Å². The minimum atomic E-state index is -0.430. The zero-order valence-corrected chi connectivity index (χ0v) is 14.1. The zero-order chi connectivity index (χ0) is 16.7. The van der Waals surface area contributed by atoms with E-state index in [9.17, 15) is 9.59 Å². The molecular weight excluding hydrogens is 316 g/mol. The monoisotopic (exact) mass is 336 g/mol. The number of hydrogen-bond donors (Lipinski definition) is 1. The first-order chi connectivity index (χ1) is 11.2. The molecule has 7 heteroatoms. The quantitative estimate of drug-likeness (QED) is 0.668. The molecule has 0 saturated carbocycles. The van der Waals surface area contributed by atoms with Crippen LogP contribution in [0.15, 0.2) is 6.07 Å². The number of ether oxygens (including phenoxy) is 2. The Kier molecular flexibility index (Phi) is 6.44. The van der Waals surface area contributed by atoms with Gasteiger partial charge in [0.05, 0.1) is 37.4 Å². The number of amides is 1. The summed E-state index contributed by atoms with van der Waals surface area (Å²) in [6, 6.07) is 1.78. The fourth-order valence-corrected chi connectivity index (χ4v) is 3.03. The average molecular weight is 336 g/mol. The Morgan fingerprint density at radius 2 is 2.17 bits per heavy atom. The summed E-state index contributed by atoms with van der Waals surface area (Å²) in [5, 5.41) is 3.03. The van der Waals surface area contributed by atoms with Crippen molar-refractivity contribution >= 4 is 28.9 Å². The number of nitrogens with zero attached hydrogens (tertiary/aromatic N) is 1. The van der Waals surface area contributed by atoms with E-state index in [1.807, 2.05) is 6.92 Å². The highest BCUT2D eigenvalue weighted by Crippen LogP contribution is 2.27. The van der Waals surface area contributed by atoms with Gasteiger partial charge in [-0.2, -0.15) is 0 Å². The van der Waals surface area contributed by atoms with Crippen LogP contribution in [-0.2, 0) is 14.3 Å². The summed E-state index contributed by atoms with van der Waals surface area (Å²) in [5.74, 6) is 5.52. The van der Waals surface area contributed by atoms with E-state index in [0.717, 1.165) is 11.3 Å². The van der Waals surface area contributed by atoms with E-state index in [1.165, 1.54) is 18.4 Å². The van der Waals surface area contributed by atoms with Gasteiger partial charge in [-0.15, -0.1) is 11.3 Å². The molecule has 1 aromatic heterocycles. The van der Waals surface area contributed by atoms with Crippen LogP contribution in [0.1, 0.15) is 27.9 Å². The molecule has 2 rings (SSSR count). The molecule has 2 heterocycles. The van der Waals surface area contributed by atoms with Gasteiger partial charge in [0.2, 0.25) is 5.91 Å². The number of carbonyl (C=O) groups is 2. The lowest BCUT2D eigenvalue weighted by Gasteiger charge is -2.27. The summed E-state index contributed by atoms with van der Waals surface area (Å²) in [6.45, 7) is 4.41. The second-order valence-corrected chi connectivity index (χ2v) is 5.90. The van der Waals surface area contributed by atoms with Crippen LogP contribution >= 0.6 is 11.3 Å². The van der Waals surface area contributed by atoms with Gasteiger partial charge in [0.25, 0.3) is 0 Å². The van der Waals surface area contributed by atoms with Crippen molar-refractivity contribution in [3.63, 3.8) is 0 Å². The minimum absolute atomic E-state index is 0.0171. The van der Waals surface area contributed by atoms with E-state index in [4.69, 9.17) is 9.47 Å². The van der Waals surface area contributed by atoms with Crippen LogP contribution < -0.4 is 5.32 Å². The predicted octanol–water partition coefficient (Wildman–Crippen LogP) is 1.57. The van der Waals surface area contributed by atoms with Gasteiger partial charge in [-0.3, -0.25) is 4.79 Å². The van der Waals surface area contributed by atoms with Gasteiger partial charge in [0.1, 0.15) is 4.88 Å². The van der Waals surface area contributed by atoms with Gasteiger partial charge in [0, 0.05) is 19.5 Å². The summed E-state index contributed by atoms with van der Waals surface area (Å²) in [7, 11) is 1.34. The topological polar surface area (TPSA) is 67.9 Å². The van der Waals surface area contributed by atoms with Gasteiger partial charge in [-0.05, 0) is 6.07 Å². The van der Waals surface area contributed by atoms with Crippen molar-refractivity contribution in [2.24, 2.45) is 0 Å². The third kappa shape index (κ3) is 4.71. The van der Waals surface area contributed by atoms with Crippen LogP contribution in [0.5, 0.6) is 0 Å². The molecule has 1 aromatic rings. The molecule has 0 atom stereocenters. The Hall–Kier alpha value is -2.04. The lowest BCUT2D eigenvalue weighted by atomic mass is 10.3. The SMILES string of the molecule is CCC#Cc1cc(NCC(=O)N2CCOCC2)c(C(=O)OC)s1. The summed E-state index contributed by atoms with van der Waals surface area (Å²) in [4.78, 5) is 27.0. The summed E-state index contributed by atoms with van der Waals surface area (Å²) in [5.41, 5.74) is 0.587. The summed E-state index contributed by atoms with van der Waals surface area (Å²) < 4.78 is 10.0. The molecule has 6 nitrogen and oxygen atoms in total. The van der Waals surface area contributed by atoms with Crippen LogP contribution in [0.25, 0.3) is 0 Å². The average Bonchev–Trinajstić information content (AvgIpc) is 3.01. The highest BCUT2D eigenvalue weighted by atomic mass is 32.1. The number of nitrogens with one attached hydrogen (secondary N) is 1. The molecule has 1 fully saturated rings. The molecule has 1 N–H and O–H groups in total. The third-order valence-corrected chi connectivity index (χ3v) is 4.32. The van der Waals surface area contributed by atoms with Crippen LogP contribution in [0.3, 0.4) is 0 Å². The smallest absolute Gasteiger partial charge is 0.350 e. The largest absolute Gasteiger partial charge is 0.465 e. The molecule has 1 saturated heterocycles. The molecule has 0 bridgehead atoms. The maximum atomic E-state index is 12.2. The van der Waals surface area contributed by atoms with Gasteiger partial charge >= 0.3 is 5.97 Å². The molecule has 1 amide bonds. The Morgan fingerprint density at radius 1 is 1.43 bits per heavy atom. The van der Waals surface area contributed by atoms with Crippen LogP contribution in [0.4, 0.5) is 5.69 Å². The standard InChI is InChI=1S/C16H20N2O4S/c1-3-4-5-12-10-13(15(23-12)16(20)21-2)17-11-14(19)18-6-8-22-9-7-18/h10,17H,3,6-9,11H2,1-2H3. The summed E-state index contributed by atoms with van der Waals surface area (Å²) >= 11 is 1.26. The van der Waals surface area contributed by atoms with Crippen LogP contribution in [-0.4, -0.2) is 56.7 Å². The number of hydrogen-bond acceptors (Lipinski definition) is 6. The fraction of sp³-hybridized carbons (Fsp3) is 0.500. The second kappa shape index (κ2) is 8.56. The second-order valence-electron chi connectivity index (χ2n) is 4.85. The first kappa shape index (κ1) is 17.3. The number of thiophene rings is 1. The Morgan fingerprint density at radius 3 is 2.83 bits per heavy atom. The number of anilines is 1.